The lowest BCUT2D eigenvalue weighted by atomic mass is 9.57. The number of aliphatic hydroxyl groups is 1. The Labute approximate surface area is 99.9 Å². The fourth-order valence-electron chi connectivity index (χ4n) is 4.06. The van der Waals surface area contributed by atoms with Gasteiger partial charge in [-0.2, -0.15) is 0 Å². The lowest BCUT2D eigenvalue weighted by molar-refractivity contribution is -0.0963. The maximum Gasteiger partial charge on any atom is 0.0650 e. The molecule has 0 aromatic rings. The van der Waals surface area contributed by atoms with Gasteiger partial charge in [-0.05, 0) is 62.7 Å². The molecule has 0 bridgehead atoms. The first-order valence-electron chi connectivity index (χ1n) is 6.81. The van der Waals surface area contributed by atoms with Gasteiger partial charge in [-0.1, -0.05) is 26.0 Å². The summed E-state index contributed by atoms with van der Waals surface area (Å²) in [5.74, 6) is 2.74. The Morgan fingerprint density at radius 2 is 2.06 bits per heavy atom. The van der Waals surface area contributed by atoms with Crippen LogP contribution in [0.4, 0.5) is 0 Å². The normalized spacial score (nSPS) is 44.6. The van der Waals surface area contributed by atoms with Crippen LogP contribution in [0, 0.1) is 23.7 Å². The molecule has 2 aliphatic carbocycles. The lowest BCUT2D eigenvalue weighted by Crippen LogP contribution is -2.49. The average Bonchev–Trinajstić information content (AvgIpc) is 2.16. The SMILES string of the molecule is C=C1CC[C@@H]2[C@H](C1)[C@@H](C(C)C)CC[C@@]2(C)O. The van der Waals surface area contributed by atoms with Crippen LogP contribution in [0.2, 0.25) is 0 Å². The molecular weight excluding hydrogens is 196 g/mol. The predicted molar refractivity (Wildman–Crippen MR) is 68.2 cm³/mol. The maximum absolute atomic E-state index is 10.5. The molecule has 0 radical (unpaired) electrons. The van der Waals surface area contributed by atoms with Crippen molar-refractivity contribution in [1.29, 1.82) is 0 Å². The van der Waals surface area contributed by atoms with Crippen molar-refractivity contribution in [2.45, 2.75) is 58.5 Å². The van der Waals surface area contributed by atoms with Crippen LogP contribution >= 0.6 is 0 Å². The molecule has 2 rings (SSSR count). The van der Waals surface area contributed by atoms with Crippen molar-refractivity contribution >= 4 is 0 Å². The van der Waals surface area contributed by atoms with Gasteiger partial charge < -0.3 is 5.11 Å². The molecule has 16 heavy (non-hydrogen) atoms. The van der Waals surface area contributed by atoms with E-state index in [2.05, 4.69) is 27.4 Å². The van der Waals surface area contributed by atoms with E-state index in [1.54, 1.807) is 0 Å². The molecule has 2 fully saturated rings. The number of allylic oxidation sites excluding steroid dienone is 1. The molecule has 0 aliphatic heterocycles. The average molecular weight is 222 g/mol. The second-order valence-electron chi connectivity index (χ2n) is 6.57. The minimum Gasteiger partial charge on any atom is -0.390 e. The Morgan fingerprint density at radius 3 is 2.69 bits per heavy atom. The minimum absolute atomic E-state index is 0.420. The van der Waals surface area contributed by atoms with Crippen molar-refractivity contribution in [3.63, 3.8) is 0 Å². The molecule has 0 spiro atoms. The van der Waals surface area contributed by atoms with Gasteiger partial charge in [-0.3, -0.25) is 0 Å². The first-order valence-corrected chi connectivity index (χ1v) is 6.81. The predicted octanol–water partition coefficient (Wildman–Crippen LogP) is 3.78. The van der Waals surface area contributed by atoms with E-state index in [4.69, 9.17) is 0 Å². The van der Waals surface area contributed by atoms with E-state index in [0.29, 0.717) is 11.8 Å². The van der Waals surface area contributed by atoms with Gasteiger partial charge in [0.25, 0.3) is 0 Å². The Hall–Kier alpha value is -0.300. The van der Waals surface area contributed by atoms with Crippen LogP contribution in [-0.2, 0) is 0 Å². The zero-order valence-electron chi connectivity index (χ0n) is 11.0. The van der Waals surface area contributed by atoms with Gasteiger partial charge in [0.1, 0.15) is 0 Å². The van der Waals surface area contributed by atoms with Gasteiger partial charge >= 0.3 is 0 Å². The number of hydrogen-bond acceptors (Lipinski definition) is 1. The number of rotatable bonds is 1. The smallest absolute Gasteiger partial charge is 0.0650 e. The molecule has 0 saturated heterocycles. The summed E-state index contributed by atoms with van der Waals surface area (Å²) in [5, 5.41) is 10.5. The van der Waals surface area contributed by atoms with Crippen molar-refractivity contribution in [2.24, 2.45) is 23.7 Å². The third-order valence-electron chi connectivity index (χ3n) is 5.04. The zero-order chi connectivity index (χ0) is 11.9. The summed E-state index contributed by atoms with van der Waals surface area (Å²) in [5.41, 5.74) is 0.987. The third kappa shape index (κ3) is 2.07. The molecule has 1 N–H and O–H groups in total. The summed E-state index contributed by atoms with van der Waals surface area (Å²) in [4.78, 5) is 0. The molecule has 0 aromatic carbocycles. The van der Waals surface area contributed by atoms with Gasteiger partial charge in [-0.15, -0.1) is 0 Å². The van der Waals surface area contributed by atoms with E-state index in [9.17, 15) is 5.11 Å². The third-order valence-corrected chi connectivity index (χ3v) is 5.04. The minimum atomic E-state index is -0.420. The van der Waals surface area contributed by atoms with E-state index < -0.39 is 5.60 Å². The Balaban J connectivity index is 2.21. The zero-order valence-corrected chi connectivity index (χ0v) is 11.0. The standard InChI is InChI=1S/C15H26O/c1-10(2)12-7-8-15(4,16)14-6-5-11(3)9-13(12)14/h10,12-14,16H,3,5-9H2,1-2,4H3/t12-,13-,14-,15-/m1/s1. The molecule has 4 atom stereocenters. The quantitative estimate of drug-likeness (QED) is 0.669. The van der Waals surface area contributed by atoms with Gasteiger partial charge in [-0.25, -0.2) is 0 Å². The van der Waals surface area contributed by atoms with E-state index in [1.807, 2.05) is 0 Å². The highest BCUT2D eigenvalue weighted by Gasteiger charge is 2.47. The summed E-state index contributed by atoms with van der Waals surface area (Å²) >= 11 is 0. The van der Waals surface area contributed by atoms with Crippen LogP contribution in [0.5, 0.6) is 0 Å². The van der Waals surface area contributed by atoms with Gasteiger partial charge in [0.15, 0.2) is 0 Å². The molecule has 0 unspecified atom stereocenters. The number of fused-ring (bicyclic) bond motifs is 1. The Bertz CT molecular complexity index is 277. The van der Waals surface area contributed by atoms with Crippen molar-refractivity contribution in [1.82, 2.24) is 0 Å². The van der Waals surface area contributed by atoms with E-state index in [0.717, 1.165) is 37.5 Å². The molecule has 0 aromatic heterocycles. The molecule has 2 saturated carbocycles. The summed E-state index contributed by atoms with van der Waals surface area (Å²) in [6.07, 6.45) is 5.62. The summed E-state index contributed by atoms with van der Waals surface area (Å²) < 4.78 is 0. The summed E-state index contributed by atoms with van der Waals surface area (Å²) in [6, 6.07) is 0. The highest BCUT2D eigenvalue weighted by Crippen LogP contribution is 2.51. The van der Waals surface area contributed by atoms with Crippen molar-refractivity contribution < 1.29 is 5.11 Å². The van der Waals surface area contributed by atoms with Crippen molar-refractivity contribution in [2.75, 3.05) is 0 Å². The van der Waals surface area contributed by atoms with E-state index >= 15 is 0 Å². The second-order valence-corrected chi connectivity index (χ2v) is 6.57. The topological polar surface area (TPSA) is 20.2 Å². The van der Waals surface area contributed by atoms with Gasteiger partial charge in [0.05, 0.1) is 5.60 Å². The van der Waals surface area contributed by atoms with E-state index in [1.165, 1.54) is 12.0 Å². The van der Waals surface area contributed by atoms with Crippen LogP contribution in [-0.4, -0.2) is 10.7 Å². The van der Waals surface area contributed by atoms with E-state index in [-0.39, 0.29) is 0 Å². The maximum atomic E-state index is 10.5. The van der Waals surface area contributed by atoms with Crippen LogP contribution < -0.4 is 0 Å². The molecule has 2 aliphatic rings. The van der Waals surface area contributed by atoms with Crippen LogP contribution in [0.3, 0.4) is 0 Å². The fraction of sp³-hybridized carbons (Fsp3) is 0.867. The molecule has 0 heterocycles. The van der Waals surface area contributed by atoms with Crippen LogP contribution in [0.1, 0.15) is 52.9 Å². The molecular formula is C15H26O. The number of hydrogen-bond donors (Lipinski definition) is 1. The van der Waals surface area contributed by atoms with Gasteiger partial charge in [0.2, 0.25) is 0 Å². The van der Waals surface area contributed by atoms with Crippen LogP contribution in [0.15, 0.2) is 12.2 Å². The molecule has 92 valence electrons. The summed E-state index contributed by atoms with van der Waals surface area (Å²) in [6.45, 7) is 10.9. The Morgan fingerprint density at radius 1 is 1.38 bits per heavy atom. The Kier molecular flexibility index (Phi) is 3.18. The first-order chi connectivity index (χ1) is 7.42. The molecule has 0 amide bonds. The summed E-state index contributed by atoms with van der Waals surface area (Å²) in [7, 11) is 0. The lowest BCUT2D eigenvalue weighted by Gasteiger charge is -2.51. The molecule has 1 nitrogen and oxygen atoms in total. The van der Waals surface area contributed by atoms with Crippen LogP contribution in [0.25, 0.3) is 0 Å². The first kappa shape index (κ1) is 12.2. The fourth-order valence-corrected chi connectivity index (χ4v) is 4.06. The second kappa shape index (κ2) is 4.18. The molecule has 1 heteroatoms. The highest BCUT2D eigenvalue weighted by atomic mass is 16.3. The van der Waals surface area contributed by atoms with Crippen molar-refractivity contribution in [3.05, 3.63) is 12.2 Å². The van der Waals surface area contributed by atoms with Crippen molar-refractivity contribution in [3.8, 4) is 0 Å². The van der Waals surface area contributed by atoms with Gasteiger partial charge in [0, 0.05) is 0 Å². The monoisotopic (exact) mass is 222 g/mol. The highest BCUT2D eigenvalue weighted by molar-refractivity contribution is 5.08. The largest absolute Gasteiger partial charge is 0.390 e.